The topological polar surface area (TPSA) is 120 Å². The minimum Gasteiger partial charge on any atom is -0.406 e. The number of nitrogens with zero attached hydrogens (tertiary/aromatic N) is 1. The fraction of sp³-hybridized carbons (Fsp3) is 0.381. The van der Waals surface area contributed by atoms with E-state index in [0.29, 0.717) is 41.5 Å². The van der Waals surface area contributed by atoms with Gasteiger partial charge in [-0.3, -0.25) is 9.69 Å². The molecule has 1 aliphatic rings. The molecule has 2 atom stereocenters. The van der Waals surface area contributed by atoms with Crippen molar-refractivity contribution in [2.45, 2.75) is 32.0 Å². The zero-order valence-corrected chi connectivity index (χ0v) is 17.9. The van der Waals surface area contributed by atoms with Crippen LogP contribution < -0.4 is 27.3 Å². The third-order valence-electron chi connectivity index (χ3n) is 5.42. The quantitative estimate of drug-likeness (QED) is 0.437. The highest BCUT2D eigenvalue weighted by atomic mass is 35.5. The molecule has 1 unspecified atom stereocenters. The zero-order chi connectivity index (χ0) is 23.5. The van der Waals surface area contributed by atoms with Crippen molar-refractivity contribution < 1.29 is 22.7 Å². The van der Waals surface area contributed by atoms with Gasteiger partial charge in [0.1, 0.15) is 5.75 Å². The number of ether oxygens (including phenoxy) is 1. The van der Waals surface area contributed by atoms with E-state index in [1.165, 1.54) is 12.1 Å². The van der Waals surface area contributed by atoms with Crippen LogP contribution >= 0.6 is 11.6 Å². The number of halogens is 4. The highest BCUT2D eigenvalue weighted by Gasteiger charge is 2.36. The molecule has 32 heavy (non-hydrogen) atoms. The van der Waals surface area contributed by atoms with Crippen LogP contribution in [-0.2, 0) is 17.9 Å². The fourth-order valence-electron chi connectivity index (χ4n) is 3.73. The molecule has 11 heteroatoms. The van der Waals surface area contributed by atoms with Gasteiger partial charge < -0.3 is 27.3 Å². The highest BCUT2D eigenvalue weighted by Crippen LogP contribution is 2.28. The Bertz CT molecular complexity index is 973. The summed E-state index contributed by atoms with van der Waals surface area (Å²) in [5, 5.41) is 3.48. The summed E-state index contributed by atoms with van der Waals surface area (Å²) in [4.78, 5) is 14.7. The molecular formula is C21H25ClF3N5O2. The number of benzene rings is 2. The highest BCUT2D eigenvalue weighted by molar-refractivity contribution is 6.30. The Morgan fingerprint density at radius 3 is 2.59 bits per heavy atom. The molecule has 0 spiro atoms. The number of nitrogen functional groups attached to an aromatic ring is 2. The van der Waals surface area contributed by atoms with Crippen LogP contribution in [0.15, 0.2) is 36.4 Å². The van der Waals surface area contributed by atoms with Gasteiger partial charge in [0.25, 0.3) is 0 Å². The number of likely N-dealkylation sites (tertiary alicyclic amines) is 1. The Hall–Kier alpha value is -2.53. The molecule has 1 fully saturated rings. The zero-order valence-electron chi connectivity index (χ0n) is 17.2. The monoisotopic (exact) mass is 471 g/mol. The third kappa shape index (κ3) is 6.26. The molecule has 1 aliphatic heterocycles. The van der Waals surface area contributed by atoms with Gasteiger partial charge >= 0.3 is 6.36 Å². The first-order chi connectivity index (χ1) is 15.0. The Labute approximate surface area is 188 Å². The van der Waals surface area contributed by atoms with Crippen LogP contribution in [0.3, 0.4) is 0 Å². The fourth-order valence-corrected chi connectivity index (χ4v) is 3.91. The minimum atomic E-state index is -4.79. The van der Waals surface area contributed by atoms with E-state index in [1.807, 2.05) is 11.0 Å². The SMILES string of the molecule is Nc1ccc(OC(F)(F)F)cc1CNCC(=O)C1CCN(Cc2ccc(Cl)cc2N)[C@H]1N. The van der Waals surface area contributed by atoms with Crippen LogP contribution in [0.25, 0.3) is 0 Å². The van der Waals surface area contributed by atoms with E-state index < -0.39 is 12.5 Å². The van der Waals surface area contributed by atoms with Gasteiger partial charge in [-0.15, -0.1) is 13.2 Å². The Kier molecular flexibility index (Phi) is 7.50. The van der Waals surface area contributed by atoms with Crippen LogP contribution in [0.2, 0.25) is 5.02 Å². The molecule has 1 heterocycles. The summed E-state index contributed by atoms with van der Waals surface area (Å²) >= 11 is 5.93. The molecule has 3 rings (SSSR count). The van der Waals surface area contributed by atoms with Gasteiger partial charge in [-0.2, -0.15) is 0 Å². The minimum absolute atomic E-state index is 0.0130. The maximum atomic E-state index is 12.7. The molecule has 0 radical (unpaired) electrons. The van der Waals surface area contributed by atoms with E-state index in [0.717, 1.165) is 11.6 Å². The van der Waals surface area contributed by atoms with E-state index in [4.69, 9.17) is 28.8 Å². The number of Topliss-reactive ketones (excluding diaryl/α,β-unsaturated/α-hetero) is 1. The van der Waals surface area contributed by atoms with Crippen LogP contribution in [0.4, 0.5) is 24.5 Å². The number of hydrogen-bond acceptors (Lipinski definition) is 7. The molecule has 0 bridgehead atoms. The van der Waals surface area contributed by atoms with E-state index in [2.05, 4.69) is 10.1 Å². The predicted octanol–water partition coefficient (Wildman–Crippen LogP) is 2.87. The summed E-state index contributed by atoms with van der Waals surface area (Å²) in [6.07, 6.45) is -4.66. The van der Waals surface area contributed by atoms with Crippen molar-refractivity contribution in [3.63, 3.8) is 0 Å². The van der Waals surface area contributed by atoms with Gasteiger partial charge in [-0.1, -0.05) is 17.7 Å². The first kappa shape index (κ1) is 24.1. The molecule has 0 aromatic heterocycles. The average Bonchev–Trinajstić information content (AvgIpc) is 3.05. The lowest BCUT2D eigenvalue weighted by molar-refractivity contribution is -0.274. The number of rotatable bonds is 8. The van der Waals surface area contributed by atoms with Crippen molar-refractivity contribution in [3.8, 4) is 5.75 Å². The Balaban J connectivity index is 1.53. The van der Waals surface area contributed by atoms with Gasteiger partial charge in [-0.25, -0.2) is 0 Å². The van der Waals surface area contributed by atoms with Crippen molar-refractivity contribution in [2.75, 3.05) is 24.6 Å². The second-order valence-electron chi connectivity index (χ2n) is 7.68. The van der Waals surface area contributed by atoms with Gasteiger partial charge in [0, 0.05) is 41.9 Å². The van der Waals surface area contributed by atoms with Gasteiger partial charge in [0.2, 0.25) is 0 Å². The number of ketones is 1. The Morgan fingerprint density at radius 2 is 1.91 bits per heavy atom. The van der Waals surface area contributed by atoms with Crippen LogP contribution in [0.5, 0.6) is 5.75 Å². The lowest BCUT2D eigenvalue weighted by Crippen LogP contribution is -2.44. The summed E-state index contributed by atoms with van der Waals surface area (Å²) in [7, 11) is 0. The molecular weight excluding hydrogens is 447 g/mol. The molecule has 174 valence electrons. The molecule has 0 amide bonds. The van der Waals surface area contributed by atoms with E-state index in [-0.39, 0.29) is 30.5 Å². The first-order valence-electron chi connectivity index (χ1n) is 9.94. The second-order valence-corrected chi connectivity index (χ2v) is 8.11. The lowest BCUT2D eigenvalue weighted by atomic mass is 10.0. The van der Waals surface area contributed by atoms with Crippen molar-refractivity contribution in [3.05, 3.63) is 52.5 Å². The Morgan fingerprint density at radius 1 is 1.16 bits per heavy atom. The number of nitrogens with two attached hydrogens (primary N) is 3. The number of hydrogen-bond donors (Lipinski definition) is 4. The summed E-state index contributed by atoms with van der Waals surface area (Å²) in [5.41, 5.74) is 20.3. The van der Waals surface area contributed by atoms with Crippen molar-refractivity contribution >= 4 is 28.8 Å². The number of alkyl halides is 3. The summed E-state index contributed by atoms with van der Waals surface area (Å²) in [6, 6.07) is 8.92. The molecule has 0 saturated carbocycles. The maximum Gasteiger partial charge on any atom is 0.573 e. The van der Waals surface area contributed by atoms with Gasteiger partial charge in [-0.05, 0) is 47.9 Å². The van der Waals surface area contributed by atoms with Crippen LogP contribution in [-0.4, -0.2) is 36.3 Å². The van der Waals surface area contributed by atoms with Crippen LogP contribution in [0, 0.1) is 5.92 Å². The van der Waals surface area contributed by atoms with Crippen LogP contribution in [0.1, 0.15) is 17.5 Å². The number of anilines is 2. The number of carbonyl (C=O) groups is 1. The predicted molar refractivity (Wildman–Crippen MR) is 117 cm³/mol. The van der Waals surface area contributed by atoms with E-state index in [9.17, 15) is 18.0 Å². The molecule has 7 N–H and O–H groups in total. The number of nitrogens with one attached hydrogen (secondary N) is 1. The summed E-state index contributed by atoms with van der Waals surface area (Å²) in [5.74, 6) is -0.816. The number of carbonyl (C=O) groups excluding carboxylic acids is 1. The van der Waals surface area contributed by atoms with E-state index >= 15 is 0 Å². The first-order valence-corrected chi connectivity index (χ1v) is 10.3. The molecule has 7 nitrogen and oxygen atoms in total. The maximum absolute atomic E-state index is 12.7. The average molecular weight is 472 g/mol. The largest absolute Gasteiger partial charge is 0.573 e. The molecule has 2 aromatic rings. The van der Waals surface area contributed by atoms with Gasteiger partial charge in [0.05, 0.1) is 12.7 Å². The lowest BCUT2D eigenvalue weighted by Gasteiger charge is -2.24. The van der Waals surface area contributed by atoms with Crippen molar-refractivity contribution in [1.29, 1.82) is 0 Å². The third-order valence-corrected chi connectivity index (χ3v) is 5.65. The molecule has 1 saturated heterocycles. The summed E-state index contributed by atoms with van der Waals surface area (Å²) in [6.45, 7) is 1.27. The van der Waals surface area contributed by atoms with Crippen molar-refractivity contribution in [1.82, 2.24) is 10.2 Å². The normalized spacial score (nSPS) is 19.3. The second kappa shape index (κ2) is 9.95. The van der Waals surface area contributed by atoms with E-state index in [1.54, 1.807) is 12.1 Å². The standard InChI is InChI=1S/C21H25ClF3N5O2/c22-14-2-1-12(18(27)8-14)11-30-6-5-16(20(30)28)19(31)10-29-9-13-7-15(3-4-17(13)26)32-21(23,24)25/h1-4,7-8,16,20,29H,5-6,9-11,26-28H2/t16?,20-/m1/s1. The molecule has 2 aromatic carbocycles. The molecule has 0 aliphatic carbocycles. The summed E-state index contributed by atoms with van der Waals surface area (Å²) < 4.78 is 41.1. The van der Waals surface area contributed by atoms with Crippen molar-refractivity contribution in [2.24, 2.45) is 11.7 Å². The van der Waals surface area contributed by atoms with Gasteiger partial charge in [0.15, 0.2) is 5.78 Å². The smallest absolute Gasteiger partial charge is 0.406 e.